The van der Waals surface area contributed by atoms with Gasteiger partial charge < -0.3 is 9.47 Å². The predicted octanol–water partition coefficient (Wildman–Crippen LogP) is 3.77. The van der Waals surface area contributed by atoms with Crippen molar-refractivity contribution in [1.29, 1.82) is 0 Å². The van der Waals surface area contributed by atoms with E-state index in [-0.39, 0.29) is 22.6 Å². The molecule has 2 aromatic carbocycles. The lowest BCUT2D eigenvalue weighted by Crippen LogP contribution is -2.18. The van der Waals surface area contributed by atoms with Gasteiger partial charge in [0.05, 0.1) is 12.0 Å². The SMILES string of the molecule is COc1cccc2c1CC[C@H]1c3cc([N+](=O)[O-])ccc3O[C@@H]21. The Kier molecular flexibility index (Phi) is 2.82. The topological polar surface area (TPSA) is 61.6 Å². The minimum absolute atomic E-state index is 0.0733. The summed E-state index contributed by atoms with van der Waals surface area (Å²) in [5.41, 5.74) is 3.40. The quantitative estimate of drug-likeness (QED) is 0.625. The van der Waals surface area contributed by atoms with Gasteiger partial charge in [0.1, 0.15) is 17.6 Å². The summed E-state index contributed by atoms with van der Waals surface area (Å²) in [5.74, 6) is 1.83. The van der Waals surface area contributed by atoms with Crippen LogP contribution in [0, 0.1) is 10.1 Å². The van der Waals surface area contributed by atoms with Crippen LogP contribution in [0.15, 0.2) is 36.4 Å². The van der Waals surface area contributed by atoms with Crippen molar-refractivity contribution in [3.8, 4) is 11.5 Å². The van der Waals surface area contributed by atoms with Crippen LogP contribution in [0.1, 0.15) is 35.1 Å². The van der Waals surface area contributed by atoms with Gasteiger partial charge in [-0.1, -0.05) is 12.1 Å². The maximum Gasteiger partial charge on any atom is 0.269 e. The third-order valence-corrected chi connectivity index (χ3v) is 4.62. The van der Waals surface area contributed by atoms with Gasteiger partial charge in [-0.05, 0) is 30.5 Å². The van der Waals surface area contributed by atoms with E-state index < -0.39 is 0 Å². The molecule has 0 N–H and O–H groups in total. The summed E-state index contributed by atoms with van der Waals surface area (Å²) in [6.07, 6.45) is 1.73. The highest BCUT2D eigenvalue weighted by Gasteiger charge is 2.40. The Balaban J connectivity index is 1.79. The summed E-state index contributed by atoms with van der Waals surface area (Å²) in [7, 11) is 1.68. The largest absolute Gasteiger partial charge is 0.496 e. The van der Waals surface area contributed by atoms with Crippen LogP contribution in [0.25, 0.3) is 0 Å². The Morgan fingerprint density at radius 3 is 2.91 bits per heavy atom. The predicted molar refractivity (Wildman–Crippen MR) is 80.5 cm³/mol. The van der Waals surface area contributed by atoms with Crippen LogP contribution in [0.3, 0.4) is 0 Å². The number of methoxy groups -OCH3 is 1. The van der Waals surface area contributed by atoms with Gasteiger partial charge in [0.2, 0.25) is 0 Å². The molecule has 1 aliphatic carbocycles. The fourth-order valence-electron chi connectivity index (χ4n) is 3.62. The number of non-ortho nitro benzene ring substituents is 1. The highest BCUT2D eigenvalue weighted by atomic mass is 16.6. The highest BCUT2D eigenvalue weighted by Crippen LogP contribution is 2.53. The minimum atomic E-state index is -0.354. The van der Waals surface area contributed by atoms with Crippen molar-refractivity contribution in [1.82, 2.24) is 0 Å². The summed E-state index contributed by atoms with van der Waals surface area (Å²) in [6, 6.07) is 10.9. The average molecular weight is 297 g/mol. The van der Waals surface area contributed by atoms with Crippen LogP contribution in [0.2, 0.25) is 0 Å². The van der Waals surface area contributed by atoms with Crippen LogP contribution < -0.4 is 9.47 Å². The number of hydrogen-bond acceptors (Lipinski definition) is 4. The maximum atomic E-state index is 11.0. The molecule has 5 nitrogen and oxygen atoms in total. The van der Waals surface area contributed by atoms with Crippen molar-refractivity contribution >= 4 is 5.69 Å². The molecular weight excluding hydrogens is 282 g/mol. The number of hydrogen-bond donors (Lipinski definition) is 0. The number of nitro groups is 1. The Morgan fingerprint density at radius 2 is 2.14 bits per heavy atom. The first-order valence-corrected chi connectivity index (χ1v) is 7.30. The van der Waals surface area contributed by atoms with E-state index in [1.54, 1.807) is 19.2 Å². The van der Waals surface area contributed by atoms with E-state index in [1.165, 1.54) is 11.6 Å². The highest BCUT2D eigenvalue weighted by molar-refractivity contribution is 5.53. The number of fused-ring (bicyclic) bond motifs is 5. The fraction of sp³-hybridized carbons (Fsp3) is 0.294. The summed E-state index contributed by atoms with van der Waals surface area (Å²) in [4.78, 5) is 10.6. The molecule has 0 fully saturated rings. The second kappa shape index (κ2) is 4.73. The molecule has 4 rings (SSSR count). The van der Waals surface area contributed by atoms with E-state index in [1.807, 2.05) is 12.1 Å². The van der Waals surface area contributed by atoms with Gasteiger partial charge in [0.25, 0.3) is 5.69 Å². The molecule has 22 heavy (non-hydrogen) atoms. The van der Waals surface area contributed by atoms with Crippen LogP contribution in [-0.4, -0.2) is 12.0 Å². The van der Waals surface area contributed by atoms with Crippen LogP contribution >= 0.6 is 0 Å². The van der Waals surface area contributed by atoms with Gasteiger partial charge in [-0.15, -0.1) is 0 Å². The van der Waals surface area contributed by atoms with E-state index in [9.17, 15) is 10.1 Å². The Hall–Kier alpha value is -2.56. The molecule has 1 heterocycles. The molecule has 2 aromatic rings. The normalized spacial score (nSPS) is 21.3. The monoisotopic (exact) mass is 297 g/mol. The Labute approximate surface area is 127 Å². The Morgan fingerprint density at radius 1 is 1.27 bits per heavy atom. The van der Waals surface area contributed by atoms with Crippen molar-refractivity contribution in [2.75, 3.05) is 7.11 Å². The van der Waals surface area contributed by atoms with Gasteiger partial charge in [-0.2, -0.15) is 0 Å². The second-order valence-corrected chi connectivity index (χ2v) is 5.69. The van der Waals surface area contributed by atoms with Crippen molar-refractivity contribution in [2.24, 2.45) is 0 Å². The fourth-order valence-corrected chi connectivity index (χ4v) is 3.62. The number of benzene rings is 2. The maximum absolute atomic E-state index is 11.0. The van der Waals surface area contributed by atoms with Gasteiger partial charge in [0, 0.05) is 29.2 Å². The Bertz CT molecular complexity index is 771. The summed E-state index contributed by atoms with van der Waals surface area (Å²) < 4.78 is 11.5. The van der Waals surface area contributed by atoms with Crippen molar-refractivity contribution in [3.63, 3.8) is 0 Å². The summed E-state index contributed by atoms with van der Waals surface area (Å²) >= 11 is 0. The second-order valence-electron chi connectivity index (χ2n) is 5.69. The van der Waals surface area contributed by atoms with Crippen molar-refractivity contribution < 1.29 is 14.4 Å². The molecule has 2 aliphatic rings. The van der Waals surface area contributed by atoms with Crippen LogP contribution in [-0.2, 0) is 6.42 Å². The van der Waals surface area contributed by atoms with Crippen LogP contribution in [0.5, 0.6) is 11.5 Å². The zero-order valence-electron chi connectivity index (χ0n) is 12.1. The standard InChI is InChI=1S/C17H15NO4/c1-21-15-4-2-3-12-11(15)6-7-13-14-9-10(18(19)20)5-8-16(14)22-17(12)13/h2-5,8-9,13,17H,6-7H2,1H3/t13-,17-/m0/s1. The number of nitrogens with zero attached hydrogens (tertiary/aromatic N) is 1. The first kappa shape index (κ1) is 13.1. The first-order valence-electron chi connectivity index (χ1n) is 7.30. The van der Waals surface area contributed by atoms with Crippen molar-refractivity contribution in [2.45, 2.75) is 24.9 Å². The molecule has 0 amide bonds. The third kappa shape index (κ3) is 1.78. The molecule has 1 aliphatic heterocycles. The lowest BCUT2D eigenvalue weighted by atomic mass is 9.79. The average Bonchev–Trinajstić information content (AvgIpc) is 2.92. The van der Waals surface area contributed by atoms with Gasteiger partial charge in [0.15, 0.2) is 0 Å². The summed E-state index contributed by atoms with van der Waals surface area (Å²) in [5, 5.41) is 11.0. The molecular formula is C17H15NO4. The molecule has 5 heteroatoms. The molecule has 0 unspecified atom stereocenters. The van der Waals surface area contributed by atoms with E-state index in [0.717, 1.165) is 35.5 Å². The summed E-state index contributed by atoms with van der Waals surface area (Å²) in [6.45, 7) is 0. The lowest BCUT2D eigenvalue weighted by Gasteiger charge is -2.28. The molecule has 2 atom stereocenters. The molecule has 0 spiro atoms. The van der Waals surface area contributed by atoms with Gasteiger partial charge >= 0.3 is 0 Å². The zero-order chi connectivity index (χ0) is 15.3. The smallest absolute Gasteiger partial charge is 0.269 e. The molecule has 0 bridgehead atoms. The van der Waals surface area contributed by atoms with Gasteiger partial charge in [-0.25, -0.2) is 0 Å². The molecule has 0 saturated heterocycles. The molecule has 0 radical (unpaired) electrons. The third-order valence-electron chi connectivity index (χ3n) is 4.62. The lowest BCUT2D eigenvalue weighted by molar-refractivity contribution is -0.384. The number of nitro benzene ring substituents is 1. The molecule has 0 aromatic heterocycles. The van der Waals surface area contributed by atoms with E-state index in [0.29, 0.717) is 0 Å². The van der Waals surface area contributed by atoms with E-state index in [2.05, 4.69) is 6.07 Å². The van der Waals surface area contributed by atoms with Crippen molar-refractivity contribution in [3.05, 3.63) is 63.2 Å². The van der Waals surface area contributed by atoms with Gasteiger partial charge in [-0.3, -0.25) is 10.1 Å². The van der Waals surface area contributed by atoms with E-state index >= 15 is 0 Å². The number of ether oxygens (including phenoxy) is 2. The van der Waals surface area contributed by atoms with E-state index in [4.69, 9.17) is 9.47 Å². The minimum Gasteiger partial charge on any atom is -0.496 e. The van der Waals surface area contributed by atoms with Crippen LogP contribution in [0.4, 0.5) is 5.69 Å². The first-order chi connectivity index (χ1) is 10.7. The number of rotatable bonds is 2. The zero-order valence-corrected chi connectivity index (χ0v) is 12.1. The molecule has 0 saturated carbocycles. The molecule has 112 valence electrons.